The van der Waals surface area contributed by atoms with Crippen molar-refractivity contribution in [3.8, 4) is 10.6 Å². The van der Waals surface area contributed by atoms with Crippen LogP contribution in [0.4, 0.5) is 4.39 Å². The first-order valence-corrected chi connectivity index (χ1v) is 5.90. The summed E-state index contributed by atoms with van der Waals surface area (Å²) in [6, 6.07) is 6.41. The molecule has 88 valence electrons. The van der Waals surface area contributed by atoms with Gasteiger partial charge in [-0.3, -0.25) is 4.79 Å². The van der Waals surface area contributed by atoms with E-state index in [1.165, 1.54) is 17.4 Å². The first-order chi connectivity index (χ1) is 8.16. The number of aromatic nitrogens is 1. The molecule has 1 heterocycles. The summed E-state index contributed by atoms with van der Waals surface area (Å²) in [5.74, 6) is -1.16. The molecule has 0 atom stereocenters. The van der Waals surface area contributed by atoms with Gasteiger partial charge in [0, 0.05) is 16.6 Å². The van der Waals surface area contributed by atoms with Crippen molar-refractivity contribution in [1.82, 2.24) is 4.98 Å². The molecule has 1 aromatic carbocycles. The fourth-order valence-electron chi connectivity index (χ4n) is 1.41. The van der Waals surface area contributed by atoms with Crippen LogP contribution in [-0.4, -0.2) is 16.1 Å². The second kappa shape index (κ2) is 5.05. The lowest BCUT2D eigenvalue weighted by molar-refractivity contribution is -0.136. The van der Waals surface area contributed by atoms with E-state index < -0.39 is 5.97 Å². The van der Waals surface area contributed by atoms with Crippen LogP contribution in [0.25, 0.3) is 10.6 Å². The molecule has 1 aromatic heterocycles. The Morgan fingerprint density at radius 2 is 2.18 bits per heavy atom. The van der Waals surface area contributed by atoms with Crippen LogP contribution in [0, 0.1) is 5.82 Å². The molecule has 3 nitrogen and oxygen atoms in total. The molecule has 0 aliphatic carbocycles. The smallest absolute Gasteiger partial charge is 0.303 e. The molecule has 0 radical (unpaired) electrons. The SMILES string of the molecule is O=C(O)CCc1cnc(-c2ccccc2F)s1. The van der Waals surface area contributed by atoms with Crippen LogP contribution in [0.3, 0.4) is 0 Å². The summed E-state index contributed by atoms with van der Waals surface area (Å²) in [7, 11) is 0. The Labute approximate surface area is 102 Å². The van der Waals surface area contributed by atoms with E-state index in [0.29, 0.717) is 17.0 Å². The molecular weight excluding hydrogens is 241 g/mol. The monoisotopic (exact) mass is 251 g/mol. The molecule has 0 fully saturated rings. The molecule has 0 saturated heterocycles. The van der Waals surface area contributed by atoms with Crippen LogP contribution >= 0.6 is 11.3 Å². The van der Waals surface area contributed by atoms with E-state index in [1.807, 2.05) is 0 Å². The van der Waals surface area contributed by atoms with Gasteiger partial charge in [0.25, 0.3) is 0 Å². The molecule has 2 aromatic rings. The van der Waals surface area contributed by atoms with Crippen LogP contribution in [-0.2, 0) is 11.2 Å². The van der Waals surface area contributed by atoms with E-state index in [9.17, 15) is 9.18 Å². The third-order valence-corrected chi connectivity index (χ3v) is 3.33. The van der Waals surface area contributed by atoms with Gasteiger partial charge in [0.15, 0.2) is 0 Å². The maximum atomic E-state index is 13.5. The van der Waals surface area contributed by atoms with Gasteiger partial charge < -0.3 is 5.11 Å². The maximum absolute atomic E-state index is 13.5. The summed E-state index contributed by atoms with van der Waals surface area (Å²) in [6.07, 6.45) is 2.11. The Morgan fingerprint density at radius 3 is 2.88 bits per heavy atom. The highest BCUT2D eigenvalue weighted by Gasteiger charge is 2.09. The van der Waals surface area contributed by atoms with E-state index in [2.05, 4.69) is 4.98 Å². The van der Waals surface area contributed by atoms with E-state index >= 15 is 0 Å². The molecule has 0 spiro atoms. The van der Waals surface area contributed by atoms with Crippen molar-refractivity contribution in [3.05, 3.63) is 41.2 Å². The van der Waals surface area contributed by atoms with Crippen molar-refractivity contribution in [1.29, 1.82) is 0 Å². The number of aryl methyl sites for hydroxylation is 1. The largest absolute Gasteiger partial charge is 0.481 e. The number of hydrogen-bond acceptors (Lipinski definition) is 3. The number of rotatable bonds is 4. The molecule has 2 rings (SSSR count). The maximum Gasteiger partial charge on any atom is 0.303 e. The van der Waals surface area contributed by atoms with Gasteiger partial charge >= 0.3 is 5.97 Å². The second-order valence-electron chi connectivity index (χ2n) is 3.51. The van der Waals surface area contributed by atoms with Gasteiger partial charge in [0.05, 0.1) is 6.42 Å². The zero-order chi connectivity index (χ0) is 12.3. The number of hydrogen-bond donors (Lipinski definition) is 1. The first-order valence-electron chi connectivity index (χ1n) is 5.08. The van der Waals surface area contributed by atoms with Crippen molar-refractivity contribution in [2.75, 3.05) is 0 Å². The van der Waals surface area contributed by atoms with Gasteiger partial charge in [0.1, 0.15) is 10.8 Å². The molecule has 0 amide bonds. The highest BCUT2D eigenvalue weighted by Crippen LogP contribution is 2.27. The van der Waals surface area contributed by atoms with Crippen molar-refractivity contribution in [2.45, 2.75) is 12.8 Å². The Hall–Kier alpha value is -1.75. The van der Waals surface area contributed by atoms with Crippen LogP contribution < -0.4 is 0 Å². The van der Waals surface area contributed by atoms with E-state index in [-0.39, 0.29) is 12.2 Å². The predicted octanol–water partition coefficient (Wildman–Crippen LogP) is 2.97. The molecule has 0 aliphatic heterocycles. The third-order valence-electron chi connectivity index (χ3n) is 2.24. The number of carboxylic acid groups (broad SMARTS) is 1. The standard InChI is InChI=1S/C12H10FNO2S/c13-10-4-2-1-3-9(10)12-14-7-8(17-12)5-6-11(15)16/h1-4,7H,5-6H2,(H,15,16). The minimum absolute atomic E-state index is 0.0684. The number of aliphatic carboxylic acids is 1. The molecule has 0 aliphatic rings. The second-order valence-corrected chi connectivity index (χ2v) is 4.62. The number of carbonyl (C=O) groups is 1. The normalized spacial score (nSPS) is 10.4. The number of thiazole rings is 1. The number of carboxylic acids is 1. The molecule has 1 N–H and O–H groups in total. The minimum atomic E-state index is -0.842. The average Bonchev–Trinajstić information content (AvgIpc) is 2.75. The quantitative estimate of drug-likeness (QED) is 0.908. The third kappa shape index (κ3) is 2.88. The summed E-state index contributed by atoms with van der Waals surface area (Å²) >= 11 is 1.33. The average molecular weight is 251 g/mol. The summed E-state index contributed by atoms with van der Waals surface area (Å²) in [5.41, 5.74) is 0.457. The highest BCUT2D eigenvalue weighted by atomic mass is 32.1. The molecular formula is C12H10FNO2S. The summed E-state index contributed by atoms with van der Waals surface area (Å²) in [4.78, 5) is 15.4. The van der Waals surface area contributed by atoms with Gasteiger partial charge in [-0.2, -0.15) is 0 Å². The van der Waals surface area contributed by atoms with E-state index in [1.54, 1.807) is 24.4 Å². The Morgan fingerprint density at radius 1 is 1.41 bits per heavy atom. The first kappa shape index (κ1) is 11.7. The fraction of sp³-hybridized carbons (Fsp3) is 0.167. The molecule has 5 heteroatoms. The highest BCUT2D eigenvalue weighted by molar-refractivity contribution is 7.15. The predicted molar refractivity (Wildman–Crippen MR) is 63.5 cm³/mol. The number of nitrogens with zero attached hydrogens (tertiary/aromatic N) is 1. The van der Waals surface area contributed by atoms with Crippen molar-refractivity contribution >= 4 is 17.3 Å². The van der Waals surface area contributed by atoms with Gasteiger partial charge in [-0.05, 0) is 18.6 Å². The Balaban J connectivity index is 2.18. The van der Waals surface area contributed by atoms with E-state index in [0.717, 1.165) is 4.88 Å². The minimum Gasteiger partial charge on any atom is -0.481 e. The topological polar surface area (TPSA) is 50.2 Å². The number of halogens is 1. The molecule has 0 bridgehead atoms. The van der Waals surface area contributed by atoms with Crippen LogP contribution in [0.1, 0.15) is 11.3 Å². The van der Waals surface area contributed by atoms with Crippen molar-refractivity contribution in [2.24, 2.45) is 0 Å². The summed E-state index contributed by atoms with van der Waals surface area (Å²) < 4.78 is 13.5. The lowest BCUT2D eigenvalue weighted by Crippen LogP contribution is -1.95. The van der Waals surface area contributed by atoms with Crippen molar-refractivity contribution in [3.63, 3.8) is 0 Å². The zero-order valence-corrected chi connectivity index (χ0v) is 9.71. The van der Waals surface area contributed by atoms with Gasteiger partial charge in [-0.1, -0.05) is 12.1 Å². The van der Waals surface area contributed by atoms with E-state index in [4.69, 9.17) is 5.11 Å². The zero-order valence-electron chi connectivity index (χ0n) is 8.89. The van der Waals surface area contributed by atoms with Gasteiger partial charge in [0.2, 0.25) is 0 Å². The van der Waals surface area contributed by atoms with Crippen molar-refractivity contribution < 1.29 is 14.3 Å². The van der Waals surface area contributed by atoms with Crippen LogP contribution in [0.15, 0.2) is 30.5 Å². The lowest BCUT2D eigenvalue weighted by atomic mass is 10.2. The fourth-order valence-corrected chi connectivity index (χ4v) is 2.35. The lowest BCUT2D eigenvalue weighted by Gasteiger charge is -1.96. The molecule has 0 saturated carbocycles. The van der Waals surface area contributed by atoms with Gasteiger partial charge in [-0.15, -0.1) is 11.3 Å². The summed E-state index contributed by atoms with van der Waals surface area (Å²) in [5, 5.41) is 9.15. The van der Waals surface area contributed by atoms with Crippen LogP contribution in [0.5, 0.6) is 0 Å². The molecule has 17 heavy (non-hydrogen) atoms. The Kier molecular flexibility index (Phi) is 3.49. The summed E-state index contributed by atoms with van der Waals surface area (Å²) in [6.45, 7) is 0. The van der Waals surface area contributed by atoms with Gasteiger partial charge in [-0.25, -0.2) is 9.37 Å². The van der Waals surface area contributed by atoms with Crippen LogP contribution in [0.2, 0.25) is 0 Å². The number of benzene rings is 1. The molecule has 0 unspecified atom stereocenters. The Bertz CT molecular complexity index is 539.